The molecule has 0 aliphatic heterocycles. The van der Waals surface area contributed by atoms with Crippen molar-refractivity contribution in [2.24, 2.45) is 0 Å². The van der Waals surface area contributed by atoms with Crippen LogP contribution in [0.1, 0.15) is 24.5 Å². The summed E-state index contributed by atoms with van der Waals surface area (Å²) in [5.41, 5.74) is 2.69. The maximum atomic E-state index is 5.81. The molecule has 0 heterocycles. The van der Waals surface area contributed by atoms with Gasteiger partial charge in [0.2, 0.25) is 0 Å². The van der Waals surface area contributed by atoms with Crippen LogP contribution in [-0.4, -0.2) is 11.9 Å². The molecular weight excluding hydrogens is 194 g/mol. The Kier molecular flexibility index (Phi) is 4.99. The first-order valence-corrected chi connectivity index (χ1v) is 5.65. The molecule has 0 fully saturated rings. The van der Waals surface area contributed by atoms with Gasteiger partial charge in [0, 0.05) is 18.5 Å². The van der Waals surface area contributed by atoms with E-state index >= 15 is 0 Å². The zero-order chi connectivity index (χ0) is 10.4. The molecular formula is C12H18ClN. The highest BCUT2D eigenvalue weighted by Crippen LogP contribution is 2.07. The molecule has 0 radical (unpaired) electrons. The number of rotatable bonds is 5. The van der Waals surface area contributed by atoms with Gasteiger partial charge in [-0.3, -0.25) is 0 Å². The maximum absolute atomic E-state index is 5.81. The van der Waals surface area contributed by atoms with Crippen LogP contribution in [0.25, 0.3) is 0 Å². The topological polar surface area (TPSA) is 12.0 Å². The van der Waals surface area contributed by atoms with Gasteiger partial charge in [-0.1, -0.05) is 31.2 Å². The van der Waals surface area contributed by atoms with Gasteiger partial charge >= 0.3 is 0 Å². The first-order valence-electron chi connectivity index (χ1n) is 5.11. The molecule has 78 valence electrons. The lowest BCUT2D eigenvalue weighted by Gasteiger charge is -2.14. The average Bonchev–Trinajstić information content (AvgIpc) is 2.22. The van der Waals surface area contributed by atoms with Crippen molar-refractivity contribution in [3.8, 4) is 0 Å². The number of aryl methyl sites for hydroxylation is 1. The smallest absolute Gasteiger partial charge is 0.0377 e. The van der Waals surface area contributed by atoms with E-state index in [1.807, 2.05) is 0 Å². The number of benzene rings is 1. The molecule has 0 aliphatic rings. The third-order valence-corrected chi connectivity index (χ3v) is 2.89. The number of hydrogen-bond acceptors (Lipinski definition) is 1. The molecule has 1 nitrogen and oxygen atoms in total. The summed E-state index contributed by atoms with van der Waals surface area (Å²) >= 11 is 5.81. The molecule has 0 amide bonds. The normalized spacial score (nSPS) is 12.8. The molecule has 1 N–H and O–H groups in total. The molecule has 14 heavy (non-hydrogen) atoms. The summed E-state index contributed by atoms with van der Waals surface area (Å²) in [6.45, 7) is 5.20. The highest BCUT2D eigenvalue weighted by atomic mass is 35.5. The molecule has 0 aromatic heterocycles. The Morgan fingerprint density at radius 3 is 2.64 bits per heavy atom. The molecule has 1 rings (SSSR count). The van der Waals surface area contributed by atoms with Crippen molar-refractivity contribution < 1.29 is 0 Å². The van der Waals surface area contributed by atoms with Gasteiger partial charge in [-0.05, 0) is 24.5 Å². The lowest BCUT2D eigenvalue weighted by Crippen LogP contribution is -2.29. The van der Waals surface area contributed by atoms with Crippen molar-refractivity contribution in [1.29, 1.82) is 0 Å². The van der Waals surface area contributed by atoms with Crippen molar-refractivity contribution in [2.45, 2.75) is 32.9 Å². The van der Waals surface area contributed by atoms with Crippen molar-refractivity contribution >= 4 is 11.6 Å². The van der Waals surface area contributed by atoms with Crippen LogP contribution < -0.4 is 5.32 Å². The van der Waals surface area contributed by atoms with Crippen LogP contribution >= 0.6 is 11.6 Å². The second-order valence-corrected chi connectivity index (χ2v) is 3.88. The van der Waals surface area contributed by atoms with E-state index in [0.29, 0.717) is 11.9 Å². The fourth-order valence-corrected chi connectivity index (χ4v) is 1.70. The predicted molar refractivity (Wildman–Crippen MR) is 62.8 cm³/mol. The molecule has 2 heteroatoms. The van der Waals surface area contributed by atoms with Crippen LogP contribution in [0, 0.1) is 6.92 Å². The van der Waals surface area contributed by atoms with E-state index in [1.165, 1.54) is 11.1 Å². The Morgan fingerprint density at radius 2 is 2.07 bits per heavy atom. The van der Waals surface area contributed by atoms with E-state index in [2.05, 4.69) is 43.4 Å². The molecule has 1 aromatic carbocycles. The van der Waals surface area contributed by atoms with Crippen molar-refractivity contribution in [2.75, 3.05) is 5.88 Å². The van der Waals surface area contributed by atoms with Gasteiger partial charge in [-0.25, -0.2) is 0 Å². The lowest BCUT2D eigenvalue weighted by atomic mass is 10.1. The zero-order valence-corrected chi connectivity index (χ0v) is 9.64. The van der Waals surface area contributed by atoms with E-state index in [9.17, 15) is 0 Å². The lowest BCUT2D eigenvalue weighted by molar-refractivity contribution is 0.538. The number of alkyl halides is 1. The van der Waals surface area contributed by atoms with E-state index in [0.717, 1.165) is 13.0 Å². The Labute approximate surface area is 91.5 Å². The largest absolute Gasteiger partial charge is 0.309 e. The van der Waals surface area contributed by atoms with Crippen LogP contribution in [-0.2, 0) is 6.54 Å². The van der Waals surface area contributed by atoms with Crippen LogP contribution in [0.2, 0.25) is 0 Å². The summed E-state index contributed by atoms with van der Waals surface area (Å²) in [6, 6.07) is 8.86. The summed E-state index contributed by atoms with van der Waals surface area (Å²) in [5.74, 6) is 0.683. The predicted octanol–water partition coefficient (Wildman–Crippen LogP) is 3.10. The fourth-order valence-electron chi connectivity index (χ4n) is 1.37. The summed E-state index contributed by atoms with van der Waals surface area (Å²) in [4.78, 5) is 0. The van der Waals surface area contributed by atoms with Crippen LogP contribution in [0.3, 0.4) is 0 Å². The Hall–Kier alpha value is -0.530. The highest BCUT2D eigenvalue weighted by molar-refractivity contribution is 6.18. The second-order valence-electron chi connectivity index (χ2n) is 3.57. The summed E-state index contributed by atoms with van der Waals surface area (Å²) in [6.07, 6.45) is 1.08. The third kappa shape index (κ3) is 3.32. The van der Waals surface area contributed by atoms with E-state index in [4.69, 9.17) is 11.6 Å². The number of nitrogens with one attached hydrogen (secondary N) is 1. The molecule has 1 aromatic rings. The highest BCUT2D eigenvalue weighted by Gasteiger charge is 2.03. The monoisotopic (exact) mass is 211 g/mol. The zero-order valence-electron chi connectivity index (χ0n) is 8.89. The molecule has 1 unspecified atom stereocenters. The minimum Gasteiger partial charge on any atom is -0.309 e. The summed E-state index contributed by atoms with van der Waals surface area (Å²) < 4.78 is 0. The quantitative estimate of drug-likeness (QED) is 0.739. The fraction of sp³-hybridized carbons (Fsp3) is 0.500. The first kappa shape index (κ1) is 11.5. The van der Waals surface area contributed by atoms with E-state index in [1.54, 1.807) is 0 Å². The van der Waals surface area contributed by atoms with Crippen molar-refractivity contribution in [3.05, 3.63) is 35.4 Å². The Bertz CT molecular complexity index is 269. The molecule has 1 atom stereocenters. The summed E-state index contributed by atoms with van der Waals surface area (Å²) in [7, 11) is 0. The van der Waals surface area contributed by atoms with Crippen molar-refractivity contribution in [3.63, 3.8) is 0 Å². The van der Waals surface area contributed by atoms with Gasteiger partial charge in [0.1, 0.15) is 0 Å². The summed E-state index contributed by atoms with van der Waals surface area (Å²) in [5, 5.41) is 3.44. The third-order valence-electron chi connectivity index (χ3n) is 2.52. The van der Waals surface area contributed by atoms with Gasteiger partial charge in [0.25, 0.3) is 0 Å². The SMILES string of the molecule is CCC(CCl)NCc1ccccc1C. The van der Waals surface area contributed by atoms with Crippen LogP contribution in [0.15, 0.2) is 24.3 Å². The van der Waals surface area contributed by atoms with Gasteiger partial charge in [0.15, 0.2) is 0 Å². The molecule has 0 saturated heterocycles. The van der Waals surface area contributed by atoms with E-state index in [-0.39, 0.29) is 0 Å². The van der Waals surface area contributed by atoms with Crippen LogP contribution in [0.5, 0.6) is 0 Å². The standard InChI is InChI=1S/C12H18ClN/c1-3-12(8-13)14-9-11-7-5-4-6-10(11)2/h4-7,12,14H,3,8-9H2,1-2H3. The molecule has 0 bridgehead atoms. The average molecular weight is 212 g/mol. The second kappa shape index (κ2) is 6.05. The molecule has 0 saturated carbocycles. The van der Waals surface area contributed by atoms with Crippen molar-refractivity contribution in [1.82, 2.24) is 5.32 Å². The number of halogens is 1. The van der Waals surface area contributed by atoms with Crippen LogP contribution in [0.4, 0.5) is 0 Å². The Morgan fingerprint density at radius 1 is 1.36 bits per heavy atom. The van der Waals surface area contributed by atoms with E-state index < -0.39 is 0 Å². The number of hydrogen-bond donors (Lipinski definition) is 1. The Balaban J connectivity index is 2.49. The molecule has 0 spiro atoms. The molecule has 0 aliphatic carbocycles. The van der Waals surface area contributed by atoms with Gasteiger partial charge in [-0.2, -0.15) is 0 Å². The minimum atomic E-state index is 0.427. The van der Waals surface area contributed by atoms with Gasteiger partial charge < -0.3 is 5.32 Å². The van der Waals surface area contributed by atoms with Gasteiger partial charge in [0.05, 0.1) is 0 Å². The van der Waals surface area contributed by atoms with Gasteiger partial charge in [-0.15, -0.1) is 11.6 Å². The minimum absolute atomic E-state index is 0.427. The first-order chi connectivity index (χ1) is 6.77. The maximum Gasteiger partial charge on any atom is 0.0377 e.